The van der Waals surface area contributed by atoms with Gasteiger partial charge in [-0.05, 0) is 48.6 Å². The highest BCUT2D eigenvalue weighted by atomic mass is 32.2. The number of allylic oxidation sites excluding steroid dienone is 1. The molecule has 2 heterocycles. The monoisotopic (exact) mass is 434 g/mol. The van der Waals surface area contributed by atoms with E-state index in [4.69, 9.17) is 5.14 Å². The van der Waals surface area contributed by atoms with Crippen LogP contribution < -0.4 is 10.5 Å². The zero-order valence-electron chi connectivity index (χ0n) is 16.9. The minimum atomic E-state index is -3.80. The van der Waals surface area contributed by atoms with Gasteiger partial charge in [0, 0.05) is 29.9 Å². The predicted molar refractivity (Wildman–Crippen MR) is 121 cm³/mol. The zero-order valence-corrected chi connectivity index (χ0v) is 17.7. The number of hydrogen-bond acceptors (Lipinski definition) is 5. The van der Waals surface area contributed by atoms with Crippen molar-refractivity contribution < 1.29 is 8.42 Å². The number of H-pyrrole nitrogens is 1. The number of primary sulfonamides is 1. The average Bonchev–Trinajstić information content (AvgIpc) is 3.34. The van der Waals surface area contributed by atoms with Crippen molar-refractivity contribution >= 4 is 38.4 Å². The van der Waals surface area contributed by atoms with Crippen molar-refractivity contribution in [2.45, 2.75) is 17.7 Å². The highest BCUT2D eigenvalue weighted by Gasteiger charge is 2.18. The topological polar surface area (TPSA) is 119 Å². The minimum absolute atomic E-state index is 0.0601. The van der Waals surface area contributed by atoms with E-state index in [1.807, 2.05) is 25.4 Å². The summed E-state index contributed by atoms with van der Waals surface area (Å²) in [5.41, 5.74) is 5.05. The molecular weight excluding hydrogens is 412 g/mol. The molecule has 0 radical (unpaired) electrons. The number of sulfonamides is 1. The number of aromatic amines is 1. The van der Waals surface area contributed by atoms with Crippen LogP contribution in [-0.4, -0.2) is 28.4 Å². The van der Waals surface area contributed by atoms with Gasteiger partial charge in [0.1, 0.15) is 0 Å². The van der Waals surface area contributed by atoms with Gasteiger partial charge in [0.2, 0.25) is 10.0 Å². The average molecular weight is 435 g/mol. The summed E-state index contributed by atoms with van der Waals surface area (Å²) < 4.78 is 25.3. The molecule has 1 aliphatic rings. The molecule has 2 aromatic heterocycles. The maximum Gasteiger partial charge on any atom is 0.238 e. The SMILES string of the molecule is Cn1cc(Nc2cc3[nH]nc(-c4cccc(S(N)(=O)=O)c4)c3cc2/C=C/C2CC2)cn1. The van der Waals surface area contributed by atoms with E-state index in [1.54, 1.807) is 23.0 Å². The first-order chi connectivity index (χ1) is 14.9. The smallest absolute Gasteiger partial charge is 0.238 e. The van der Waals surface area contributed by atoms with Gasteiger partial charge >= 0.3 is 0 Å². The fraction of sp³-hybridized carbons (Fsp3) is 0.182. The lowest BCUT2D eigenvalue weighted by molar-refractivity contribution is 0.598. The maximum absolute atomic E-state index is 11.8. The number of fused-ring (bicyclic) bond motifs is 1. The minimum Gasteiger partial charge on any atom is -0.352 e. The molecule has 5 rings (SSSR count). The van der Waals surface area contributed by atoms with Gasteiger partial charge in [-0.15, -0.1) is 0 Å². The van der Waals surface area contributed by atoms with Crippen LogP contribution in [0.4, 0.5) is 11.4 Å². The highest BCUT2D eigenvalue weighted by Crippen LogP contribution is 2.35. The first kappa shape index (κ1) is 19.5. The van der Waals surface area contributed by atoms with Crippen LogP contribution in [0.15, 0.2) is 59.8 Å². The molecule has 0 bridgehead atoms. The highest BCUT2D eigenvalue weighted by molar-refractivity contribution is 7.89. The lowest BCUT2D eigenvalue weighted by Gasteiger charge is -2.09. The van der Waals surface area contributed by atoms with E-state index in [1.165, 1.54) is 18.9 Å². The predicted octanol–water partition coefficient (Wildman–Crippen LogP) is 3.78. The number of nitrogens with zero attached hydrogens (tertiary/aromatic N) is 3. The van der Waals surface area contributed by atoms with Crippen molar-refractivity contribution in [3.63, 3.8) is 0 Å². The molecule has 4 aromatic rings. The molecular formula is C22H22N6O2S. The molecule has 1 saturated carbocycles. The molecule has 0 aliphatic heterocycles. The summed E-state index contributed by atoms with van der Waals surface area (Å²) in [4.78, 5) is 0.0601. The number of nitrogens with one attached hydrogen (secondary N) is 2. The van der Waals surface area contributed by atoms with Gasteiger partial charge in [-0.1, -0.05) is 24.3 Å². The molecule has 158 valence electrons. The van der Waals surface area contributed by atoms with Gasteiger partial charge in [-0.3, -0.25) is 9.78 Å². The Labute approximate surface area is 179 Å². The molecule has 8 nitrogen and oxygen atoms in total. The Hall–Kier alpha value is -3.43. The number of benzene rings is 2. The van der Waals surface area contributed by atoms with Crippen LogP contribution in [-0.2, 0) is 17.1 Å². The van der Waals surface area contributed by atoms with Crippen LogP contribution in [0.5, 0.6) is 0 Å². The quantitative estimate of drug-likeness (QED) is 0.427. The third-order valence-corrected chi connectivity index (χ3v) is 6.23. The van der Waals surface area contributed by atoms with E-state index >= 15 is 0 Å². The van der Waals surface area contributed by atoms with E-state index in [0.29, 0.717) is 17.2 Å². The molecule has 0 atom stereocenters. The molecule has 2 aromatic carbocycles. The Bertz CT molecular complexity index is 1410. The molecule has 1 fully saturated rings. The first-order valence-corrected chi connectivity index (χ1v) is 11.5. The Kier molecular flexibility index (Phi) is 4.64. The Morgan fingerprint density at radius 2 is 2.10 bits per heavy atom. The van der Waals surface area contributed by atoms with Crippen molar-refractivity contribution in [3.8, 4) is 11.3 Å². The normalized spacial score (nSPS) is 14.5. The van der Waals surface area contributed by atoms with Gasteiger partial charge < -0.3 is 5.32 Å². The largest absolute Gasteiger partial charge is 0.352 e. The molecule has 31 heavy (non-hydrogen) atoms. The summed E-state index contributed by atoms with van der Waals surface area (Å²) >= 11 is 0. The maximum atomic E-state index is 11.8. The molecule has 0 saturated heterocycles. The fourth-order valence-electron chi connectivity index (χ4n) is 3.54. The van der Waals surface area contributed by atoms with Crippen LogP contribution in [0.25, 0.3) is 28.2 Å². The summed E-state index contributed by atoms with van der Waals surface area (Å²) in [6.07, 6.45) is 10.5. The van der Waals surface area contributed by atoms with Gasteiger partial charge in [-0.25, -0.2) is 13.6 Å². The van der Waals surface area contributed by atoms with Gasteiger partial charge in [0.25, 0.3) is 0 Å². The summed E-state index contributed by atoms with van der Waals surface area (Å²) in [6, 6.07) is 10.6. The second-order valence-corrected chi connectivity index (χ2v) is 9.42. The summed E-state index contributed by atoms with van der Waals surface area (Å²) in [7, 11) is -1.92. The Morgan fingerprint density at radius 1 is 1.26 bits per heavy atom. The van der Waals surface area contributed by atoms with E-state index in [-0.39, 0.29) is 4.90 Å². The van der Waals surface area contributed by atoms with Crippen LogP contribution in [0.2, 0.25) is 0 Å². The van der Waals surface area contributed by atoms with Gasteiger partial charge in [0.15, 0.2) is 0 Å². The number of hydrogen-bond donors (Lipinski definition) is 3. The molecule has 0 unspecified atom stereocenters. The second kappa shape index (κ2) is 7.36. The van der Waals surface area contributed by atoms with Crippen LogP contribution in [0.1, 0.15) is 18.4 Å². The third kappa shape index (κ3) is 4.10. The van der Waals surface area contributed by atoms with Gasteiger partial charge in [-0.2, -0.15) is 10.2 Å². The van der Waals surface area contributed by atoms with E-state index in [0.717, 1.165) is 27.8 Å². The zero-order chi connectivity index (χ0) is 21.6. The second-order valence-electron chi connectivity index (χ2n) is 7.85. The van der Waals surface area contributed by atoms with Crippen molar-refractivity contribution in [2.75, 3.05) is 5.32 Å². The van der Waals surface area contributed by atoms with Crippen LogP contribution in [0, 0.1) is 5.92 Å². The van der Waals surface area contributed by atoms with Gasteiger partial charge in [0.05, 0.1) is 28.0 Å². The van der Waals surface area contributed by atoms with Crippen molar-refractivity contribution in [3.05, 3.63) is 60.4 Å². The number of aromatic nitrogens is 4. The summed E-state index contributed by atoms with van der Waals surface area (Å²) in [5, 5.41) is 21.4. The number of rotatable bonds is 6. The van der Waals surface area contributed by atoms with Crippen LogP contribution in [0.3, 0.4) is 0 Å². The van der Waals surface area contributed by atoms with Crippen molar-refractivity contribution in [1.29, 1.82) is 0 Å². The Morgan fingerprint density at radius 3 is 2.81 bits per heavy atom. The van der Waals surface area contributed by atoms with Crippen molar-refractivity contribution in [1.82, 2.24) is 20.0 Å². The summed E-state index contributed by atoms with van der Waals surface area (Å²) in [6.45, 7) is 0. The van der Waals surface area contributed by atoms with E-state index < -0.39 is 10.0 Å². The lowest BCUT2D eigenvalue weighted by Crippen LogP contribution is -2.11. The van der Waals surface area contributed by atoms with Crippen LogP contribution >= 0.6 is 0 Å². The number of nitrogens with two attached hydrogens (primary N) is 1. The molecule has 0 spiro atoms. The molecule has 4 N–H and O–H groups in total. The third-order valence-electron chi connectivity index (χ3n) is 5.32. The number of aryl methyl sites for hydroxylation is 1. The Balaban J connectivity index is 1.61. The standard InChI is InChI=1S/C22H22N6O2S/c1-28-13-17(12-24-28)25-20-11-21-19(10-15(20)8-7-14-5-6-14)22(27-26-21)16-3-2-4-18(9-16)31(23,29)30/h2-4,7-14,25H,5-6H2,1H3,(H,26,27)(H2,23,29,30)/b8-7+. The van der Waals surface area contributed by atoms with E-state index in [9.17, 15) is 8.42 Å². The fourth-order valence-corrected chi connectivity index (χ4v) is 4.10. The lowest BCUT2D eigenvalue weighted by atomic mass is 10.0. The van der Waals surface area contributed by atoms with Crippen molar-refractivity contribution in [2.24, 2.45) is 18.1 Å². The molecule has 0 amide bonds. The summed E-state index contributed by atoms with van der Waals surface area (Å²) in [5.74, 6) is 0.636. The number of anilines is 2. The first-order valence-electron chi connectivity index (χ1n) is 9.96. The molecule has 1 aliphatic carbocycles. The van der Waals surface area contributed by atoms with E-state index in [2.05, 4.69) is 38.8 Å². The molecule has 9 heteroatoms.